The lowest BCUT2D eigenvalue weighted by Gasteiger charge is -2.36. The molecule has 0 bridgehead atoms. The standard InChI is InChI=1S/C29H34FN3O3Si/c1-29(2,3)37(5,6)36-18-8-17-33-19-24(22-9-7-16-31-26(22)33)25-23(27(34)32(4)28(25)35)15-12-20-10-13-21(30)14-11-20/h7,9-16,19H,8,17-18H2,1-6H3/b15-12+. The van der Waals surface area contributed by atoms with Gasteiger partial charge in [-0.25, -0.2) is 9.37 Å². The molecule has 0 saturated carbocycles. The highest BCUT2D eigenvalue weighted by atomic mass is 28.4. The van der Waals surface area contributed by atoms with Crippen molar-refractivity contribution in [3.63, 3.8) is 0 Å². The van der Waals surface area contributed by atoms with Gasteiger partial charge in [0, 0.05) is 43.5 Å². The van der Waals surface area contributed by atoms with E-state index in [0.29, 0.717) is 29.9 Å². The second-order valence-corrected chi connectivity index (χ2v) is 15.7. The average Bonchev–Trinajstić information content (AvgIpc) is 3.31. The SMILES string of the molecule is CN1C(=O)C(/C=C/c2ccc(F)cc2)=C(c2cn(CCCO[Si](C)(C)C(C)(C)C)c3ncccc23)C1=O. The molecule has 0 spiro atoms. The van der Waals surface area contributed by atoms with Crippen molar-refractivity contribution in [2.75, 3.05) is 13.7 Å². The molecule has 194 valence electrons. The number of fused-ring (bicyclic) bond motifs is 1. The van der Waals surface area contributed by atoms with E-state index in [4.69, 9.17) is 4.43 Å². The zero-order valence-corrected chi connectivity index (χ0v) is 23.3. The molecule has 2 amide bonds. The predicted molar refractivity (Wildman–Crippen MR) is 148 cm³/mol. The second-order valence-electron chi connectivity index (χ2n) is 10.9. The molecule has 8 heteroatoms. The van der Waals surface area contributed by atoms with Crippen LogP contribution in [0.1, 0.15) is 38.3 Å². The number of amides is 2. The van der Waals surface area contributed by atoms with Crippen LogP contribution in [0.25, 0.3) is 22.7 Å². The summed E-state index contributed by atoms with van der Waals surface area (Å²) in [5.41, 5.74) is 2.82. The molecule has 2 aromatic heterocycles. The van der Waals surface area contributed by atoms with Crippen LogP contribution in [-0.4, -0.2) is 48.2 Å². The second kappa shape index (κ2) is 10.2. The Labute approximate surface area is 218 Å². The quantitative estimate of drug-likeness (QED) is 0.206. The summed E-state index contributed by atoms with van der Waals surface area (Å²) in [5, 5.41) is 0.958. The summed E-state index contributed by atoms with van der Waals surface area (Å²) in [7, 11) is -0.350. The Balaban J connectivity index is 1.67. The number of hydrogen-bond acceptors (Lipinski definition) is 4. The van der Waals surface area contributed by atoms with Gasteiger partial charge in [-0.15, -0.1) is 0 Å². The maximum absolute atomic E-state index is 13.3. The third kappa shape index (κ3) is 5.35. The number of aryl methyl sites for hydroxylation is 1. The molecule has 0 aliphatic carbocycles. The van der Waals surface area contributed by atoms with Crippen LogP contribution in [0.5, 0.6) is 0 Å². The highest BCUT2D eigenvalue weighted by Gasteiger charge is 2.38. The number of halogens is 1. The molecule has 6 nitrogen and oxygen atoms in total. The first-order chi connectivity index (χ1) is 17.4. The number of nitrogens with zero attached hydrogens (tertiary/aromatic N) is 3. The van der Waals surface area contributed by atoms with Gasteiger partial charge in [-0.05, 0) is 60.5 Å². The van der Waals surface area contributed by atoms with E-state index < -0.39 is 8.32 Å². The Morgan fingerprint density at radius 1 is 1.05 bits per heavy atom. The Morgan fingerprint density at radius 3 is 2.43 bits per heavy atom. The van der Waals surface area contributed by atoms with Crippen LogP contribution >= 0.6 is 0 Å². The first-order valence-corrected chi connectivity index (χ1v) is 15.4. The molecular weight excluding hydrogens is 485 g/mol. The first kappa shape index (κ1) is 26.7. The average molecular weight is 520 g/mol. The van der Waals surface area contributed by atoms with E-state index in [1.807, 2.05) is 22.9 Å². The molecule has 0 N–H and O–H groups in total. The summed E-state index contributed by atoms with van der Waals surface area (Å²) in [5.74, 6) is -1.06. The van der Waals surface area contributed by atoms with Crippen LogP contribution < -0.4 is 0 Å². The van der Waals surface area contributed by atoms with Gasteiger partial charge in [-0.1, -0.05) is 39.0 Å². The molecule has 1 aliphatic heterocycles. The first-order valence-electron chi connectivity index (χ1n) is 12.5. The fourth-order valence-corrected chi connectivity index (χ4v) is 5.19. The molecule has 0 unspecified atom stereocenters. The summed E-state index contributed by atoms with van der Waals surface area (Å²) in [4.78, 5) is 31.9. The van der Waals surface area contributed by atoms with Crippen molar-refractivity contribution in [3.8, 4) is 0 Å². The van der Waals surface area contributed by atoms with E-state index in [1.165, 1.54) is 19.2 Å². The summed E-state index contributed by atoms with van der Waals surface area (Å²) < 4.78 is 21.7. The minimum absolute atomic E-state index is 0.146. The zero-order chi connectivity index (χ0) is 27.0. The van der Waals surface area contributed by atoms with Crippen molar-refractivity contribution < 1.29 is 18.4 Å². The molecule has 3 heterocycles. The zero-order valence-electron chi connectivity index (χ0n) is 22.3. The third-order valence-corrected chi connectivity index (χ3v) is 11.9. The topological polar surface area (TPSA) is 64.4 Å². The number of benzene rings is 1. The van der Waals surface area contributed by atoms with Gasteiger partial charge in [0.1, 0.15) is 11.5 Å². The van der Waals surface area contributed by atoms with E-state index in [9.17, 15) is 14.0 Å². The third-order valence-electron chi connectivity index (χ3n) is 7.35. The monoisotopic (exact) mass is 519 g/mol. The normalized spacial score (nSPS) is 15.2. The summed E-state index contributed by atoms with van der Waals surface area (Å²) >= 11 is 0. The van der Waals surface area contributed by atoms with E-state index >= 15 is 0 Å². The Morgan fingerprint density at radius 2 is 1.76 bits per heavy atom. The van der Waals surface area contributed by atoms with Crippen molar-refractivity contribution in [1.82, 2.24) is 14.5 Å². The molecule has 3 aromatic rings. The van der Waals surface area contributed by atoms with Crippen LogP contribution in [-0.2, 0) is 20.6 Å². The highest BCUT2D eigenvalue weighted by molar-refractivity contribution is 6.74. The molecule has 1 aromatic carbocycles. The predicted octanol–water partition coefficient (Wildman–Crippen LogP) is 6.05. The van der Waals surface area contributed by atoms with Gasteiger partial charge in [0.15, 0.2) is 8.32 Å². The number of pyridine rings is 1. The summed E-state index contributed by atoms with van der Waals surface area (Å²) in [6, 6.07) is 9.71. The van der Waals surface area contributed by atoms with Gasteiger partial charge >= 0.3 is 0 Å². The maximum Gasteiger partial charge on any atom is 0.261 e. The number of carbonyl (C=O) groups is 2. The van der Waals surface area contributed by atoms with Gasteiger partial charge in [0.2, 0.25) is 0 Å². The van der Waals surface area contributed by atoms with Crippen molar-refractivity contribution in [1.29, 1.82) is 0 Å². The lowest BCUT2D eigenvalue weighted by atomic mass is 10.0. The summed E-state index contributed by atoms with van der Waals surface area (Å²) in [6.07, 6.45) is 7.80. The van der Waals surface area contributed by atoms with E-state index in [2.05, 4.69) is 38.8 Å². The van der Waals surface area contributed by atoms with Crippen LogP contribution in [0, 0.1) is 5.82 Å². The van der Waals surface area contributed by atoms with Crippen LogP contribution in [0.15, 0.2) is 60.4 Å². The van der Waals surface area contributed by atoms with Crippen molar-refractivity contribution in [2.45, 2.75) is 51.9 Å². The molecule has 37 heavy (non-hydrogen) atoms. The van der Waals surface area contributed by atoms with Crippen molar-refractivity contribution in [2.24, 2.45) is 0 Å². The summed E-state index contributed by atoms with van der Waals surface area (Å²) in [6.45, 7) is 12.5. The molecule has 0 atom stereocenters. The van der Waals surface area contributed by atoms with Crippen molar-refractivity contribution in [3.05, 3.63) is 77.4 Å². The maximum atomic E-state index is 13.3. The minimum atomic E-state index is -1.84. The molecule has 1 aliphatic rings. The van der Waals surface area contributed by atoms with E-state index in [1.54, 1.807) is 30.5 Å². The smallest absolute Gasteiger partial charge is 0.261 e. The van der Waals surface area contributed by atoms with E-state index in [0.717, 1.165) is 27.9 Å². The van der Waals surface area contributed by atoms with Gasteiger partial charge in [0.25, 0.3) is 11.8 Å². The largest absolute Gasteiger partial charge is 0.417 e. The fourth-order valence-electron chi connectivity index (χ4n) is 4.10. The number of carbonyl (C=O) groups excluding carboxylic acids is 2. The number of likely N-dealkylation sites (N-methyl/N-ethyl adjacent to an activating group) is 1. The van der Waals surface area contributed by atoms with Crippen molar-refractivity contribution >= 4 is 42.8 Å². The highest BCUT2D eigenvalue weighted by Crippen LogP contribution is 2.37. The molecule has 0 radical (unpaired) electrons. The number of hydrogen-bond donors (Lipinski definition) is 0. The fraction of sp³-hybridized carbons (Fsp3) is 0.345. The number of imide groups is 1. The van der Waals surface area contributed by atoms with Crippen LogP contribution in [0.2, 0.25) is 18.1 Å². The van der Waals surface area contributed by atoms with Gasteiger partial charge in [-0.3, -0.25) is 14.5 Å². The molecule has 0 saturated heterocycles. The minimum Gasteiger partial charge on any atom is -0.417 e. The van der Waals surface area contributed by atoms with Gasteiger partial charge in [0.05, 0.1) is 11.1 Å². The Bertz CT molecular complexity index is 1400. The lowest BCUT2D eigenvalue weighted by molar-refractivity contribution is -0.135. The van der Waals surface area contributed by atoms with Crippen LogP contribution in [0.4, 0.5) is 4.39 Å². The van der Waals surface area contributed by atoms with Gasteiger partial charge < -0.3 is 8.99 Å². The molecular formula is C29H34FN3O3Si. The van der Waals surface area contributed by atoms with Crippen LogP contribution in [0.3, 0.4) is 0 Å². The van der Waals surface area contributed by atoms with E-state index in [-0.39, 0.29) is 22.7 Å². The molecule has 4 rings (SSSR count). The Kier molecular flexibility index (Phi) is 7.35. The lowest BCUT2D eigenvalue weighted by Crippen LogP contribution is -2.41. The molecule has 0 fully saturated rings. The number of rotatable bonds is 8. The Hall–Kier alpha value is -3.36. The number of aromatic nitrogens is 2. The van der Waals surface area contributed by atoms with Gasteiger partial charge in [-0.2, -0.15) is 0 Å².